The monoisotopic (exact) mass is 228 g/mol. The summed E-state index contributed by atoms with van der Waals surface area (Å²) in [4.78, 5) is 8.65. The van der Waals surface area contributed by atoms with Crippen LogP contribution in [0.3, 0.4) is 0 Å². The molecular weight excluding hydrogens is 216 g/mol. The summed E-state index contributed by atoms with van der Waals surface area (Å²) in [5, 5.41) is 1.15. The van der Waals surface area contributed by atoms with Gasteiger partial charge < -0.3 is 0 Å². The quantitative estimate of drug-likeness (QED) is 0.452. The van der Waals surface area contributed by atoms with Crippen LogP contribution in [0.5, 0.6) is 0 Å². The van der Waals surface area contributed by atoms with Gasteiger partial charge in [-0.25, -0.2) is 9.97 Å². The molecular formula is C10H13ClN2S. The molecule has 0 unspecified atom stereocenters. The van der Waals surface area contributed by atoms with Crippen LogP contribution in [0.4, 0.5) is 0 Å². The Morgan fingerprint density at radius 1 is 1.29 bits per heavy atom. The maximum absolute atomic E-state index is 5.67. The molecule has 0 atom stereocenters. The van der Waals surface area contributed by atoms with E-state index in [-0.39, 0.29) is 0 Å². The standard InChI is InChI=1S/C10H13ClN2S/c11-5-6-14-10-8-3-1-2-4-9(8)12-7-13-10/h7H,1-6H2. The molecule has 1 aromatic heterocycles. The van der Waals surface area contributed by atoms with Crippen LogP contribution < -0.4 is 0 Å². The Hall–Kier alpha value is -0.280. The normalized spacial score (nSPS) is 15.2. The third-order valence-corrected chi connectivity index (χ3v) is 3.85. The lowest BCUT2D eigenvalue weighted by molar-refractivity contribution is 0.645. The first-order valence-corrected chi connectivity index (χ1v) is 6.45. The third-order valence-electron chi connectivity index (χ3n) is 2.40. The Bertz CT molecular complexity index is 317. The largest absolute Gasteiger partial charge is 0.241 e. The Morgan fingerprint density at radius 2 is 2.14 bits per heavy atom. The molecule has 1 aromatic rings. The van der Waals surface area contributed by atoms with Gasteiger partial charge in [0.1, 0.15) is 11.4 Å². The van der Waals surface area contributed by atoms with E-state index in [2.05, 4.69) is 9.97 Å². The Kier molecular flexibility index (Phi) is 3.65. The molecule has 0 fully saturated rings. The maximum Gasteiger partial charge on any atom is 0.116 e. The summed E-state index contributed by atoms with van der Waals surface area (Å²) in [5.41, 5.74) is 2.62. The fourth-order valence-corrected chi connectivity index (χ4v) is 2.77. The summed E-state index contributed by atoms with van der Waals surface area (Å²) in [5.74, 6) is 1.62. The van der Waals surface area contributed by atoms with E-state index in [1.165, 1.54) is 24.1 Å². The van der Waals surface area contributed by atoms with Crippen molar-refractivity contribution in [2.24, 2.45) is 0 Å². The SMILES string of the molecule is ClCCSc1ncnc2c1CCCC2. The molecule has 0 aromatic carbocycles. The molecule has 1 aliphatic rings. The summed E-state index contributed by atoms with van der Waals surface area (Å²) in [6, 6.07) is 0. The molecule has 76 valence electrons. The van der Waals surface area contributed by atoms with Crippen molar-refractivity contribution in [1.82, 2.24) is 9.97 Å². The van der Waals surface area contributed by atoms with E-state index in [0.29, 0.717) is 5.88 Å². The number of halogens is 1. The highest BCUT2D eigenvalue weighted by atomic mass is 35.5. The average molecular weight is 229 g/mol. The Morgan fingerprint density at radius 3 is 3.00 bits per heavy atom. The van der Waals surface area contributed by atoms with Crippen molar-refractivity contribution >= 4 is 23.4 Å². The number of rotatable bonds is 3. The predicted octanol–water partition coefficient (Wildman–Crippen LogP) is 2.69. The van der Waals surface area contributed by atoms with E-state index in [0.717, 1.165) is 23.6 Å². The van der Waals surface area contributed by atoms with Crippen molar-refractivity contribution in [3.8, 4) is 0 Å². The van der Waals surface area contributed by atoms with E-state index in [1.807, 2.05) is 0 Å². The van der Waals surface area contributed by atoms with E-state index in [4.69, 9.17) is 11.6 Å². The van der Waals surface area contributed by atoms with Crippen molar-refractivity contribution in [3.63, 3.8) is 0 Å². The molecule has 2 nitrogen and oxygen atoms in total. The maximum atomic E-state index is 5.67. The zero-order valence-corrected chi connectivity index (χ0v) is 9.57. The lowest BCUT2D eigenvalue weighted by Crippen LogP contribution is -2.08. The van der Waals surface area contributed by atoms with Gasteiger partial charge >= 0.3 is 0 Å². The van der Waals surface area contributed by atoms with Gasteiger partial charge in [-0.3, -0.25) is 0 Å². The highest BCUT2D eigenvalue weighted by molar-refractivity contribution is 7.99. The summed E-state index contributed by atoms with van der Waals surface area (Å²) in [6.07, 6.45) is 6.48. The van der Waals surface area contributed by atoms with Crippen molar-refractivity contribution in [2.75, 3.05) is 11.6 Å². The number of alkyl halides is 1. The van der Waals surface area contributed by atoms with Gasteiger partial charge in [0.05, 0.1) is 0 Å². The molecule has 14 heavy (non-hydrogen) atoms. The second kappa shape index (κ2) is 4.99. The zero-order valence-electron chi connectivity index (χ0n) is 8.00. The molecule has 0 radical (unpaired) electrons. The summed E-state index contributed by atoms with van der Waals surface area (Å²) in [6.45, 7) is 0. The zero-order chi connectivity index (χ0) is 9.80. The minimum absolute atomic E-state index is 0.684. The number of fused-ring (bicyclic) bond motifs is 1. The lowest BCUT2D eigenvalue weighted by Gasteiger charge is -2.16. The second-order valence-corrected chi connectivity index (χ2v) is 4.81. The van der Waals surface area contributed by atoms with E-state index < -0.39 is 0 Å². The first kappa shape index (κ1) is 10.2. The van der Waals surface area contributed by atoms with Crippen LogP contribution >= 0.6 is 23.4 Å². The van der Waals surface area contributed by atoms with Gasteiger partial charge in [-0.05, 0) is 25.7 Å². The van der Waals surface area contributed by atoms with Crippen LogP contribution in [0.15, 0.2) is 11.4 Å². The molecule has 0 N–H and O–H groups in total. The topological polar surface area (TPSA) is 25.8 Å². The number of hydrogen-bond acceptors (Lipinski definition) is 3. The van der Waals surface area contributed by atoms with Gasteiger partial charge in [-0.2, -0.15) is 0 Å². The van der Waals surface area contributed by atoms with Crippen molar-refractivity contribution in [1.29, 1.82) is 0 Å². The lowest BCUT2D eigenvalue weighted by atomic mass is 9.98. The number of nitrogens with zero attached hydrogens (tertiary/aromatic N) is 2. The van der Waals surface area contributed by atoms with Crippen molar-refractivity contribution in [3.05, 3.63) is 17.6 Å². The fraction of sp³-hybridized carbons (Fsp3) is 0.600. The molecule has 2 rings (SSSR count). The minimum atomic E-state index is 0.684. The Labute approximate surface area is 93.5 Å². The van der Waals surface area contributed by atoms with Crippen LogP contribution in [-0.2, 0) is 12.8 Å². The van der Waals surface area contributed by atoms with Crippen molar-refractivity contribution < 1.29 is 0 Å². The molecule has 4 heteroatoms. The summed E-state index contributed by atoms with van der Waals surface area (Å²) < 4.78 is 0. The number of thioether (sulfide) groups is 1. The number of hydrogen-bond donors (Lipinski definition) is 0. The summed E-state index contributed by atoms with van der Waals surface area (Å²) >= 11 is 7.42. The summed E-state index contributed by atoms with van der Waals surface area (Å²) in [7, 11) is 0. The van der Waals surface area contributed by atoms with Gasteiger partial charge in [0, 0.05) is 22.9 Å². The molecule has 0 spiro atoms. The van der Waals surface area contributed by atoms with Gasteiger partial charge in [0.2, 0.25) is 0 Å². The predicted molar refractivity (Wildman–Crippen MR) is 60.1 cm³/mol. The van der Waals surface area contributed by atoms with Gasteiger partial charge in [0.15, 0.2) is 0 Å². The molecule has 0 bridgehead atoms. The first-order valence-electron chi connectivity index (χ1n) is 4.93. The van der Waals surface area contributed by atoms with Crippen LogP contribution in [0, 0.1) is 0 Å². The number of aryl methyl sites for hydroxylation is 1. The highest BCUT2D eigenvalue weighted by Gasteiger charge is 2.15. The van der Waals surface area contributed by atoms with Gasteiger partial charge in [-0.15, -0.1) is 23.4 Å². The van der Waals surface area contributed by atoms with Crippen LogP contribution in [0.1, 0.15) is 24.1 Å². The smallest absolute Gasteiger partial charge is 0.116 e. The molecule has 0 amide bonds. The first-order chi connectivity index (χ1) is 6.92. The molecule has 1 heterocycles. The second-order valence-electron chi connectivity index (χ2n) is 3.35. The molecule has 0 saturated carbocycles. The average Bonchev–Trinajstić information content (AvgIpc) is 2.26. The molecule has 1 aliphatic carbocycles. The van der Waals surface area contributed by atoms with Crippen LogP contribution in [0.2, 0.25) is 0 Å². The Balaban J connectivity index is 2.21. The third kappa shape index (κ3) is 2.20. The van der Waals surface area contributed by atoms with E-state index >= 15 is 0 Å². The fourth-order valence-electron chi connectivity index (χ4n) is 1.75. The van der Waals surface area contributed by atoms with Crippen molar-refractivity contribution in [2.45, 2.75) is 30.7 Å². The molecule has 0 aliphatic heterocycles. The van der Waals surface area contributed by atoms with E-state index in [9.17, 15) is 0 Å². The van der Waals surface area contributed by atoms with E-state index in [1.54, 1.807) is 18.1 Å². The van der Waals surface area contributed by atoms with Crippen LogP contribution in [0.25, 0.3) is 0 Å². The highest BCUT2D eigenvalue weighted by Crippen LogP contribution is 2.27. The van der Waals surface area contributed by atoms with Crippen LogP contribution in [-0.4, -0.2) is 21.6 Å². The molecule has 0 saturated heterocycles. The van der Waals surface area contributed by atoms with Gasteiger partial charge in [0.25, 0.3) is 0 Å². The number of aromatic nitrogens is 2. The minimum Gasteiger partial charge on any atom is -0.241 e. The van der Waals surface area contributed by atoms with Gasteiger partial charge in [-0.1, -0.05) is 0 Å².